The molecule has 0 bridgehead atoms. The van der Waals surface area contributed by atoms with Gasteiger partial charge in [-0.3, -0.25) is 4.79 Å². The zero-order valence-corrected chi connectivity index (χ0v) is 12.3. The van der Waals surface area contributed by atoms with Gasteiger partial charge >= 0.3 is 0 Å². The van der Waals surface area contributed by atoms with Crippen molar-refractivity contribution in [3.63, 3.8) is 0 Å². The lowest BCUT2D eigenvalue weighted by molar-refractivity contribution is 0.229. The number of anilines is 1. The van der Waals surface area contributed by atoms with Crippen molar-refractivity contribution in [3.8, 4) is 0 Å². The van der Waals surface area contributed by atoms with Crippen LogP contribution in [-0.2, 0) is 6.54 Å². The Kier molecular flexibility index (Phi) is 6.87. The normalized spacial score (nSPS) is 12.4. The Bertz CT molecular complexity index is 448. The maximum absolute atomic E-state index is 11.9. The van der Waals surface area contributed by atoms with Gasteiger partial charge in [-0.25, -0.2) is 4.68 Å². The molecule has 0 fully saturated rings. The summed E-state index contributed by atoms with van der Waals surface area (Å²) in [5.74, 6) is 0.299. The van der Waals surface area contributed by atoms with Crippen LogP contribution < -0.4 is 10.9 Å². The molecule has 1 aromatic heterocycles. The van der Waals surface area contributed by atoms with Crippen LogP contribution in [0, 0.1) is 5.92 Å². The number of aliphatic hydroxyl groups excluding tert-OH is 1. The highest BCUT2D eigenvalue weighted by Gasteiger charge is 2.08. The number of hydrogen-bond donors (Lipinski definition) is 2. The molecule has 1 heterocycles. The molecule has 0 amide bonds. The van der Waals surface area contributed by atoms with Crippen LogP contribution in [0.4, 0.5) is 5.69 Å². The number of nitrogens with zero attached hydrogens (tertiary/aromatic N) is 2. The van der Waals surface area contributed by atoms with Crippen molar-refractivity contribution >= 4 is 17.3 Å². The number of hydrogen-bond acceptors (Lipinski definition) is 4. The lowest BCUT2D eigenvalue weighted by atomic mass is 10.1. The molecular weight excluding hydrogens is 266 g/mol. The van der Waals surface area contributed by atoms with Crippen molar-refractivity contribution < 1.29 is 5.11 Å². The minimum absolute atomic E-state index is 0.193. The molecule has 0 aliphatic heterocycles. The predicted molar refractivity (Wildman–Crippen MR) is 77.8 cm³/mol. The second kappa shape index (κ2) is 8.17. The predicted octanol–water partition coefficient (Wildman–Crippen LogP) is 2.13. The molecule has 0 aromatic carbocycles. The van der Waals surface area contributed by atoms with E-state index in [1.807, 2.05) is 13.8 Å². The molecule has 1 unspecified atom stereocenters. The van der Waals surface area contributed by atoms with Crippen LogP contribution in [0.25, 0.3) is 0 Å². The summed E-state index contributed by atoms with van der Waals surface area (Å²) in [7, 11) is 0. The van der Waals surface area contributed by atoms with Crippen LogP contribution >= 0.6 is 11.6 Å². The van der Waals surface area contributed by atoms with Crippen molar-refractivity contribution in [1.29, 1.82) is 0 Å². The number of aromatic nitrogens is 2. The van der Waals surface area contributed by atoms with Crippen LogP contribution in [0.1, 0.15) is 33.1 Å². The molecule has 5 nitrogen and oxygen atoms in total. The molecule has 1 atom stereocenters. The summed E-state index contributed by atoms with van der Waals surface area (Å²) in [5, 5.41) is 16.3. The zero-order valence-electron chi connectivity index (χ0n) is 11.5. The maximum atomic E-state index is 11.9. The van der Waals surface area contributed by atoms with Gasteiger partial charge in [0.2, 0.25) is 0 Å². The van der Waals surface area contributed by atoms with Crippen molar-refractivity contribution in [2.75, 3.05) is 18.5 Å². The van der Waals surface area contributed by atoms with E-state index >= 15 is 0 Å². The average Bonchev–Trinajstić information content (AvgIpc) is 2.42. The quantitative estimate of drug-likeness (QED) is 0.719. The molecule has 108 valence electrons. The third kappa shape index (κ3) is 4.84. The first kappa shape index (κ1) is 16.0. The van der Waals surface area contributed by atoms with Gasteiger partial charge in [-0.05, 0) is 25.2 Å². The standard InChI is InChI=1S/C13H22ClN3O2/c1-3-7-17-13(19)12(14)11(8-16-17)15-6-4-5-10(2)9-18/h8,10,15,18H,3-7,9H2,1-2H3. The van der Waals surface area contributed by atoms with Gasteiger partial charge in [0.1, 0.15) is 5.02 Å². The summed E-state index contributed by atoms with van der Waals surface area (Å²) in [5.41, 5.74) is 0.327. The third-order valence-electron chi connectivity index (χ3n) is 2.92. The molecule has 0 saturated heterocycles. The molecular formula is C13H22ClN3O2. The number of halogens is 1. The fourth-order valence-corrected chi connectivity index (χ4v) is 1.94. The van der Waals surface area contributed by atoms with Crippen molar-refractivity contribution in [2.45, 2.75) is 39.7 Å². The van der Waals surface area contributed by atoms with Gasteiger partial charge in [-0.1, -0.05) is 25.4 Å². The van der Waals surface area contributed by atoms with E-state index in [9.17, 15) is 4.79 Å². The van der Waals surface area contributed by atoms with E-state index in [0.29, 0.717) is 24.7 Å². The molecule has 19 heavy (non-hydrogen) atoms. The minimum Gasteiger partial charge on any atom is -0.396 e. The first-order valence-corrected chi connectivity index (χ1v) is 7.08. The van der Waals surface area contributed by atoms with Gasteiger partial charge in [-0.2, -0.15) is 5.10 Å². The highest BCUT2D eigenvalue weighted by atomic mass is 35.5. The molecule has 1 rings (SSSR count). The van der Waals surface area contributed by atoms with Crippen molar-refractivity contribution in [1.82, 2.24) is 9.78 Å². The largest absolute Gasteiger partial charge is 0.396 e. The summed E-state index contributed by atoms with van der Waals surface area (Å²) < 4.78 is 1.38. The third-order valence-corrected chi connectivity index (χ3v) is 3.29. The Morgan fingerprint density at radius 3 is 2.95 bits per heavy atom. The van der Waals surface area contributed by atoms with Crippen LogP contribution in [0.5, 0.6) is 0 Å². The van der Waals surface area contributed by atoms with Gasteiger partial charge in [0, 0.05) is 19.7 Å². The SMILES string of the molecule is CCCn1ncc(NCCCC(C)CO)c(Cl)c1=O. The first-order chi connectivity index (χ1) is 9.10. The molecule has 0 radical (unpaired) electrons. The van der Waals surface area contributed by atoms with E-state index in [0.717, 1.165) is 19.3 Å². The summed E-state index contributed by atoms with van der Waals surface area (Å²) in [6.45, 7) is 5.47. The van der Waals surface area contributed by atoms with Gasteiger partial charge in [0.15, 0.2) is 0 Å². The van der Waals surface area contributed by atoms with Gasteiger partial charge in [0.05, 0.1) is 11.9 Å². The van der Waals surface area contributed by atoms with Crippen LogP contribution in [0.3, 0.4) is 0 Å². The number of rotatable bonds is 8. The van der Waals surface area contributed by atoms with E-state index in [2.05, 4.69) is 10.4 Å². The zero-order chi connectivity index (χ0) is 14.3. The Morgan fingerprint density at radius 2 is 2.32 bits per heavy atom. The Hall–Kier alpha value is -1.07. The maximum Gasteiger partial charge on any atom is 0.287 e. The van der Waals surface area contributed by atoms with E-state index in [1.165, 1.54) is 4.68 Å². The fourth-order valence-electron chi connectivity index (χ4n) is 1.72. The van der Waals surface area contributed by atoms with E-state index in [4.69, 9.17) is 16.7 Å². The number of aliphatic hydroxyl groups is 1. The lowest BCUT2D eigenvalue weighted by Crippen LogP contribution is -2.24. The number of aryl methyl sites for hydroxylation is 1. The molecule has 0 saturated carbocycles. The highest BCUT2D eigenvalue weighted by molar-refractivity contribution is 6.32. The van der Waals surface area contributed by atoms with Crippen LogP contribution in [0.2, 0.25) is 5.02 Å². The monoisotopic (exact) mass is 287 g/mol. The molecule has 6 heteroatoms. The molecule has 2 N–H and O–H groups in total. The smallest absolute Gasteiger partial charge is 0.287 e. The second-order valence-electron chi connectivity index (χ2n) is 4.76. The first-order valence-electron chi connectivity index (χ1n) is 6.70. The van der Waals surface area contributed by atoms with Crippen LogP contribution in [-0.4, -0.2) is 28.0 Å². The topological polar surface area (TPSA) is 67.2 Å². The fraction of sp³-hybridized carbons (Fsp3) is 0.692. The second-order valence-corrected chi connectivity index (χ2v) is 5.14. The van der Waals surface area contributed by atoms with Crippen LogP contribution in [0.15, 0.2) is 11.0 Å². The van der Waals surface area contributed by atoms with E-state index in [1.54, 1.807) is 6.20 Å². The summed E-state index contributed by atoms with van der Waals surface area (Å²) in [4.78, 5) is 11.9. The van der Waals surface area contributed by atoms with E-state index < -0.39 is 0 Å². The van der Waals surface area contributed by atoms with Gasteiger partial charge in [0.25, 0.3) is 5.56 Å². The van der Waals surface area contributed by atoms with Gasteiger partial charge < -0.3 is 10.4 Å². The molecule has 0 spiro atoms. The minimum atomic E-state index is -0.253. The Labute approximate surface area is 118 Å². The number of nitrogens with one attached hydrogen (secondary N) is 1. The summed E-state index contributed by atoms with van der Waals surface area (Å²) in [6.07, 6.45) is 4.28. The summed E-state index contributed by atoms with van der Waals surface area (Å²) in [6, 6.07) is 0. The summed E-state index contributed by atoms with van der Waals surface area (Å²) >= 11 is 6.03. The Balaban J connectivity index is 2.55. The average molecular weight is 288 g/mol. The molecule has 1 aromatic rings. The highest BCUT2D eigenvalue weighted by Crippen LogP contribution is 2.15. The Morgan fingerprint density at radius 1 is 1.58 bits per heavy atom. The molecule has 0 aliphatic rings. The lowest BCUT2D eigenvalue weighted by Gasteiger charge is -2.11. The van der Waals surface area contributed by atoms with Crippen molar-refractivity contribution in [2.24, 2.45) is 5.92 Å². The van der Waals surface area contributed by atoms with Crippen molar-refractivity contribution in [3.05, 3.63) is 21.6 Å². The van der Waals surface area contributed by atoms with E-state index in [-0.39, 0.29) is 17.2 Å². The van der Waals surface area contributed by atoms with Gasteiger partial charge in [-0.15, -0.1) is 0 Å². The molecule has 0 aliphatic carbocycles.